The molecule has 1 unspecified atom stereocenters. The number of methoxy groups -OCH3 is 1. The normalized spacial score (nSPS) is 14.0. The van der Waals surface area contributed by atoms with Gasteiger partial charge in [-0.05, 0) is 25.3 Å². The Bertz CT molecular complexity index is 418. The van der Waals surface area contributed by atoms with Gasteiger partial charge in [0.2, 0.25) is 5.91 Å². The maximum Gasteiger partial charge on any atom is 0.237 e. The number of rotatable bonds is 6. The lowest BCUT2D eigenvalue weighted by atomic mass is 10.0. The van der Waals surface area contributed by atoms with Crippen molar-refractivity contribution in [1.82, 2.24) is 5.32 Å². The van der Waals surface area contributed by atoms with E-state index in [0.717, 1.165) is 11.3 Å². The van der Waals surface area contributed by atoms with Crippen LogP contribution in [0.25, 0.3) is 0 Å². The first-order chi connectivity index (χ1) is 8.95. The molecule has 0 saturated carbocycles. The maximum absolute atomic E-state index is 12.0. The Labute approximate surface area is 115 Å². The van der Waals surface area contributed by atoms with Gasteiger partial charge in [-0.3, -0.25) is 4.79 Å². The summed E-state index contributed by atoms with van der Waals surface area (Å²) < 4.78 is 5.29. The number of carbonyl (C=O) groups is 1. The highest BCUT2D eigenvalue weighted by atomic mass is 16.5. The fourth-order valence-electron chi connectivity index (χ4n) is 2.04. The van der Waals surface area contributed by atoms with Gasteiger partial charge >= 0.3 is 0 Å². The molecular weight excluding hydrogens is 240 g/mol. The van der Waals surface area contributed by atoms with E-state index in [4.69, 9.17) is 10.5 Å². The number of nitrogens with two attached hydrogens (primary N) is 1. The molecule has 0 radical (unpaired) electrons. The van der Waals surface area contributed by atoms with Crippen molar-refractivity contribution in [1.29, 1.82) is 0 Å². The first kappa shape index (κ1) is 15.5. The van der Waals surface area contributed by atoms with Gasteiger partial charge in [0.1, 0.15) is 5.75 Å². The van der Waals surface area contributed by atoms with Gasteiger partial charge in [0.05, 0.1) is 19.2 Å². The van der Waals surface area contributed by atoms with Crippen molar-refractivity contribution < 1.29 is 9.53 Å². The van der Waals surface area contributed by atoms with Crippen LogP contribution >= 0.6 is 0 Å². The van der Waals surface area contributed by atoms with Gasteiger partial charge in [-0.2, -0.15) is 0 Å². The van der Waals surface area contributed by atoms with Crippen molar-refractivity contribution in [3.8, 4) is 5.75 Å². The van der Waals surface area contributed by atoms with Crippen LogP contribution in [0.3, 0.4) is 0 Å². The summed E-state index contributed by atoms with van der Waals surface area (Å²) in [5.74, 6) is 1.06. The summed E-state index contributed by atoms with van der Waals surface area (Å²) in [5.41, 5.74) is 6.83. The maximum atomic E-state index is 12.0. The summed E-state index contributed by atoms with van der Waals surface area (Å²) in [6, 6.07) is 7.07. The minimum atomic E-state index is -0.461. The van der Waals surface area contributed by atoms with Crippen molar-refractivity contribution in [2.75, 3.05) is 7.11 Å². The Balaban J connectivity index is 2.68. The zero-order chi connectivity index (χ0) is 14.4. The van der Waals surface area contributed by atoms with E-state index in [9.17, 15) is 4.79 Å². The highest BCUT2D eigenvalue weighted by Gasteiger charge is 2.19. The van der Waals surface area contributed by atoms with Crippen molar-refractivity contribution in [2.24, 2.45) is 11.7 Å². The van der Waals surface area contributed by atoms with Crippen LogP contribution in [0.5, 0.6) is 5.75 Å². The molecule has 1 aromatic carbocycles. The number of benzene rings is 1. The van der Waals surface area contributed by atoms with Crippen molar-refractivity contribution >= 4 is 5.91 Å². The number of amides is 1. The van der Waals surface area contributed by atoms with Crippen LogP contribution in [-0.2, 0) is 4.79 Å². The molecule has 4 heteroatoms. The fraction of sp³-hybridized carbons (Fsp3) is 0.533. The summed E-state index contributed by atoms with van der Waals surface area (Å²) >= 11 is 0. The zero-order valence-corrected chi connectivity index (χ0v) is 12.1. The second-order valence-electron chi connectivity index (χ2n) is 5.21. The quantitative estimate of drug-likeness (QED) is 0.828. The van der Waals surface area contributed by atoms with Crippen LogP contribution in [-0.4, -0.2) is 19.1 Å². The predicted octanol–water partition coefficient (Wildman–Crippen LogP) is 2.25. The molecule has 1 amide bonds. The molecule has 19 heavy (non-hydrogen) atoms. The van der Waals surface area contributed by atoms with E-state index in [-0.39, 0.29) is 11.9 Å². The Morgan fingerprint density at radius 3 is 2.53 bits per heavy atom. The first-order valence-electron chi connectivity index (χ1n) is 6.64. The molecule has 0 saturated heterocycles. The van der Waals surface area contributed by atoms with Crippen molar-refractivity contribution in [2.45, 2.75) is 39.3 Å². The van der Waals surface area contributed by atoms with E-state index in [1.54, 1.807) is 7.11 Å². The van der Waals surface area contributed by atoms with Gasteiger partial charge < -0.3 is 15.8 Å². The van der Waals surface area contributed by atoms with Crippen LogP contribution in [0, 0.1) is 5.92 Å². The molecule has 0 bridgehead atoms. The van der Waals surface area contributed by atoms with E-state index in [0.29, 0.717) is 12.3 Å². The van der Waals surface area contributed by atoms with Gasteiger partial charge in [0, 0.05) is 5.56 Å². The molecule has 0 aliphatic carbocycles. The van der Waals surface area contributed by atoms with Gasteiger partial charge in [-0.25, -0.2) is 0 Å². The lowest BCUT2D eigenvalue weighted by Gasteiger charge is -2.20. The van der Waals surface area contributed by atoms with Crippen molar-refractivity contribution in [3.63, 3.8) is 0 Å². The molecule has 0 fully saturated rings. The molecule has 0 aliphatic heterocycles. The molecule has 0 spiro atoms. The second kappa shape index (κ2) is 7.14. The lowest BCUT2D eigenvalue weighted by molar-refractivity contribution is -0.123. The van der Waals surface area contributed by atoms with Crippen LogP contribution < -0.4 is 15.8 Å². The summed E-state index contributed by atoms with van der Waals surface area (Å²) in [4.78, 5) is 12.0. The minimum Gasteiger partial charge on any atom is -0.496 e. The second-order valence-corrected chi connectivity index (χ2v) is 5.21. The molecule has 106 valence electrons. The number of para-hydroxylation sites is 1. The average Bonchev–Trinajstić information content (AvgIpc) is 2.37. The number of nitrogens with one attached hydrogen (secondary N) is 1. The number of carbonyl (C=O) groups excluding carboxylic acids is 1. The summed E-state index contributed by atoms with van der Waals surface area (Å²) in [6.07, 6.45) is 0.685. The lowest BCUT2D eigenvalue weighted by Crippen LogP contribution is -2.42. The number of hydrogen-bond donors (Lipinski definition) is 2. The van der Waals surface area contributed by atoms with E-state index in [1.807, 2.05) is 31.2 Å². The number of hydrogen-bond acceptors (Lipinski definition) is 3. The molecule has 0 heterocycles. The van der Waals surface area contributed by atoms with E-state index < -0.39 is 6.04 Å². The van der Waals surface area contributed by atoms with Gasteiger partial charge in [0.15, 0.2) is 0 Å². The van der Waals surface area contributed by atoms with E-state index in [2.05, 4.69) is 19.2 Å². The Hall–Kier alpha value is -1.55. The summed E-state index contributed by atoms with van der Waals surface area (Å²) in [5, 5.41) is 2.93. The first-order valence-corrected chi connectivity index (χ1v) is 6.64. The predicted molar refractivity (Wildman–Crippen MR) is 77.0 cm³/mol. The van der Waals surface area contributed by atoms with Crippen LogP contribution in [0.15, 0.2) is 24.3 Å². The third kappa shape index (κ3) is 4.56. The Morgan fingerprint density at radius 2 is 1.95 bits per heavy atom. The molecule has 1 aromatic rings. The van der Waals surface area contributed by atoms with Gasteiger partial charge in [0.25, 0.3) is 0 Å². The minimum absolute atomic E-state index is 0.118. The van der Waals surface area contributed by atoms with E-state index in [1.165, 1.54) is 0 Å². The number of ether oxygens (including phenoxy) is 1. The molecule has 1 rings (SSSR count). The summed E-state index contributed by atoms with van der Waals surface area (Å²) in [6.45, 7) is 6.03. The molecular formula is C15H24N2O2. The zero-order valence-electron chi connectivity index (χ0n) is 12.1. The van der Waals surface area contributed by atoms with Crippen LogP contribution in [0.1, 0.15) is 38.8 Å². The molecule has 0 aliphatic rings. The third-order valence-corrected chi connectivity index (χ3v) is 3.03. The van der Waals surface area contributed by atoms with E-state index >= 15 is 0 Å². The molecule has 3 N–H and O–H groups in total. The summed E-state index contributed by atoms with van der Waals surface area (Å²) in [7, 11) is 1.62. The topological polar surface area (TPSA) is 64.3 Å². The smallest absolute Gasteiger partial charge is 0.237 e. The Morgan fingerprint density at radius 1 is 1.32 bits per heavy atom. The Kier molecular flexibility index (Phi) is 5.83. The third-order valence-electron chi connectivity index (χ3n) is 3.03. The van der Waals surface area contributed by atoms with Crippen LogP contribution in [0.2, 0.25) is 0 Å². The monoisotopic (exact) mass is 264 g/mol. The fourth-order valence-corrected chi connectivity index (χ4v) is 2.04. The molecule has 0 aromatic heterocycles. The van der Waals surface area contributed by atoms with Crippen molar-refractivity contribution in [3.05, 3.63) is 29.8 Å². The standard InChI is InChI=1S/C15H24N2O2/c1-10(2)9-13(16)15(18)17-11(3)12-7-5-6-8-14(12)19-4/h5-8,10-11,13H,9,16H2,1-4H3,(H,17,18)/t11-,13?/m0/s1. The van der Waals surface area contributed by atoms with Gasteiger partial charge in [-0.1, -0.05) is 32.0 Å². The molecule has 4 nitrogen and oxygen atoms in total. The van der Waals surface area contributed by atoms with Crippen LogP contribution in [0.4, 0.5) is 0 Å². The van der Waals surface area contributed by atoms with Gasteiger partial charge in [-0.15, -0.1) is 0 Å². The highest BCUT2D eigenvalue weighted by Crippen LogP contribution is 2.24. The largest absolute Gasteiger partial charge is 0.496 e. The SMILES string of the molecule is COc1ccccc1[C@H](C)NC(=O)C(N)CC(C)C. The average molecular weight is 264 g/mol. The molecule has 2 atom stereocenters. The highest BCUT2D eigenvalue weighted by molar-refractivity contribution is 5.81.